The van der Waals surface area contributed by atoms with Crippen LogP contribution in [-0.4, -0.2) is 66.1 Å². The third-order valence-electron chi connectivity index (χ3n) is 5.05. The summed E-state index contributed by atoms with van der Waals surface area (Å²) in [4.78, 5) is 19.2. The van der Waals surface area contributed by atoms with Gasteiger partial charge in [-0.2, -0.15) is 0 Å². The Kier molecular flexibility index (Phi) is 8.28. The number of hydrogen-bond acceptors (Lipinski definition) is 5. The van der Waals surface area contributed by atoms with Crippen LogP contribution in [0.15, 0.2) is 11.4 Å². The number of piperazine rings is 1. The maximum Gasteiger partial charge on any atom is 0.227 e. The molecule has 1 aliphatic rings. The molecule has 0 spiro atoms. The predicted molar refractivity (Wildman–Crippen MR) is 106 cm³/mol. The van der Waals surface area contributed by atoms with Crippen LogP contribution < -0.4 is 0 Å². The first-order chi connectivity index (χ1) is 12.9. The molecule has 1 aromatic rings. The van der Waals surface area contributed by atoms with Gasteiger partial charge in [-0.1, -0.05) is 27.2 Å². The molecule has 1 aliphatic heterocycles. The summed E-state index contributed by atoms with van der Waals surface area (Å²) in [6.45, 7) is 10.7. The number of carbonyl (C=O) groups excluding carboxylic acids is 1. The van der Waals surface area contributed by atoms with E-state index in [1.165, 1.54) is 0 Å². The van der Waals surface area contributed by atoms with Crippen molar-refractivity contribution in [2.45, 2.75) is 64.7 Å². The van der Waals surface area contributed by atoms with Gasteiger partial charge < -0.3 is 9.47 Å². The van der Waals surface area contributed by atoms with E-state index < -0.39 is 9.84 Å². The summed E-state index contributed by atoms with van der Waals surface area (Å²) in [6.07, 6.45) is 6.12. The zero-order chi connectivity index (χ0) is 19.9. The molecule has 0 bridgehead atoms. The maximum absolute atomic E-state index is 12.8. The lowest BCUT2D eigenvalue weighted by atomic mass is 10.1. The van der Waals surface area contributed by atoms with Gasteiger partial charge in [0, 0.05) is 39.3 Å². The molecule has 0 radical (unpaired) electrons. The number of imidazole rings is 1. The van der Waals surface area contributed by atoms with Crippen molar-refractivity contribution < 1.29 is 13.2 Å². The molecule has 2 rings (SSSR count). The number of rotatable bonds is 11. The zero-order valence-electron chi connectivity index (χ0n) is 16.9. The predicted octanol–water partition coefficient (Wildman–Crippen LogP) is 2.17. The highest BCUT2D eigenvalue weighted by Gasteiger charge is 2.24. The van der Waals surface area contributed by atoms with Gasteiger partial charge in [0.05, 0.1) is 17.6 Å². The average Bonchev–Trinajstić information content (AvgIpc) is 3.03. The van der Waals surface area contributed by atoms with Gasteiger partial charge in [-0.25, -0.2) is 13.4 Å². The Hall–Kier alpha value is -1.41. The Bertz CT molecular complexity index is 692. The van der Waals surface area contributed by atoms with Gasteiger partial charge in [-0.05, 0) is 25.2 Å². The standard InChI is InChI=1S/C19H34N4O3S/c1-4-5-8-23-18(15-21-9-11-22(16-24)12-10-21)14-20-19(23)27(25,26)13-6-7-17(2)3/h14,16-17H,4-13,15H2,1-3H3. The Morgan fingerprint density at radius 1 is 1.19 bits per heavy atom. The lowest BCUT2D eigenvalue weighted by Crippen LogP contribution is -2.45. The number of carbonyl (C=O) groups is 1. The molecule has 0 unspecified atom stereocenters. The molecular formula is C19H34N4O3S. The molecule has 0 N–H and O–H groups in total. The first-order valence-electron chi connectivity index (χ1n) is 10.1. The van der Waals surface area contributed by atoms with Crippen molar-refractivity contribution in [3.8, 4) is 0 Å². The van der Waals surface area contributed by atoms with Crippen LogP contribution in [0.25, 0.3) is 0 Å². The minimum Gasteiger partial charge on any atom is -0.343 e. The third-order valence-corrected chi connectivity index (χ3v) is 6.76. The quantitative estimate of drug-likeness (QED) is 0.534. The fourth-order valence-corrected chi connectivity index (χ4v) is 4.84. The van der Waals surface area contributed by atoms with Crippen molar-refractivity contribution in [3.63, 3.8) is 0 Å². The van der Waals surface area contributed by atoms with Gasteiger partial charge in [0.1, 0.15) is 0 Å². The molecule has 0 saturated carbocycles. The van der Waals surface area contributed by atoms with Gasteiger partial charge in [-0.15, -0.1) is 0 Å². The summed E-state index contributed by atoms with van der Waals surface area (Å²) in [7, 11) is -3.37. The summed E-state index contributed by atoms with van der Waals surface area (Å²) in [6, 6.07) is 0. The van der Waals surface area contributed by atoms with E-state index in [0.29, 0.717) is 38.5 Å². The number of unbranched alkanes of at least 4 members (excludes halogenated alkanes) is 1. The van der Waals surface area contributed by atoms with Gasteiger partial charge in [-0.3, -0.25) is 9.69 Å². The normalized spacial score (nSPS) is 16.2. The lowest BCUT2D eigenvalue weighted by molar-refractivity contribution is -0.119. The largest absolute Gasteiger partial charge is 0.343 e. The summed E-state index contributed by atoms with van der Waals surface area (Å²) < 4.78 is 27.6. The lowest BCUT2D eigenvalue weighted by Gasteiger charge is -2.32. The minimum absolute atomic E-state index is 0.158. The van der Waals surface area contributed by atoms with Crippen LogP contribution in [0, 0.1) is 5.92 Å². The molecule has 0 aliphatic carbocycles. The monoisotopic (exact) mass is 398 g/mol. The fraction of sp³-hybridized carbons (Fsp3) is 0.789. The molecule has 0 atom stereocenters. The van der Waals surface area contributed by atoms with Crippen LogP contribution in [0.5, 0.6) is 0 Å². The smallest absolute Gasteiger partial charge is 0.227 e. The van der Waals surface area contributed by atoms with Crippen molar-refractivity contribution in [2.75, 3.05) is 31.9 Å². The van der Waals surface area contributed by atoms with Crippen molar-refractivity contribution in [2.24, 2.45) is 5.92 Å². The SMILES string of the molecule is CCCCn1c(CN2CCN(C=O)CC2)cnc1S(=O)(=O)CCCC(C)C. The van der Waals surface area contributed by atoms with E-state index in [1.807, 2.05) is 4.57 Å². The molecule has 1 saturated heterocycles. The molecule has 154 valence electrons. The highest BCUT2D eigenvalue weighted by atomic mass is 32.2. The van der Waals surface area contributed by atoms with Gasteiger partial charge in [0.2, 0.25) is 21.4 Å². The molecule has 0 aromatic carbocycles. The highest BCUT2D eigenvalue weighted by molar-refractivity contribution is 7.91. The van der Waals surface area contributed by atoms with E-state index in [2.05, 4.69) is 30.7 Å². The van der Waals surface area contributed by atoms with E-state index in [4.69, 9.17) is 0 Å². The van der Waals surface area contributed by atoms with Crippen LogP contribution in [0.3, 0.4) is 0 Å². The molecule has 7 nitrogen and oxygen atoms in total. The van der Waals surface area contributed by atoms with Crippen molar-refractivity contribution in [1.82, 2.24) is 19.4 Å². The van der Waals surface area contributed by atoms with Crippen molar-refractivity contribution in [1.29, 1.82) is 0 Å². The summed E-state index contributed by atoms with van der Waals surface area (Å²) in [5, 5.41) is 0.223. The van der Waals surface area contributed by atoms with Crippen LogP contribution in [-0.2, 0) is 27.7 Å². The van der Waals surface area contributed by atoms with Gasteiger partial charge in [0.15, 0.2) is 0 Å². The van der Waals surface area contributed by atoms with Crippen LogP contribution >= 0.6 is 0 Å². The fourth-order valence-electron chi connectivity index (χ4n) is 3.35. The molecular weight excluding hydrogens is 364 g/mol. The van der Waals surface area contributed by atoms with Crippen LogP contribution in [0.1, 0.15) is 52.1 Å². The number of hydrogen-bond donors (Lipinski definition) is 0. The Morgan fingerprint density at radius 3 is 2.48 bits per heavy atom. The maximum atomic E-state index is 12.8. The van der Waals surface area contributed by atoms with Gasteiger partial charge in [0.25, 0.3) is 0 Å². The first-order valence-corrected chi connectivity index (χ1v) is 11.7. The highest BCUT2D eigenvalue weighted by Crippen LogP contribution is 2.19. The van der Waals surface area contributed by atoms with E-state index >= 15 is 0 Å². The second kappa shape index (κ2) is 10.2. The second-order valence-electron chi connectivity index (χ2n) is 7.81. The number of nitrogens with zero attached hydrogens (tertiary/aromatic N) is 4. The molecule has 1 amide bonds. The second-order valence-corrected chi connectivity index (χ2v) is 9.81. The van der Waals surface area contributed by atoms with Crippen LogP contribution in [0.2, 0.25) is 0 Å². The molecule has 1 fully saturated rings. The van der Waals surface area contributed by atoms with E-state index in [0.717, 1.165) is 44.5 Å². The minimum atomic E-state index is -3.37. The summed E-state index contributed by atoms with van der Waals surface area (Å²) in [5.74, 6) is 0.659. The third kappa shape index (κ3) is 6.31. The summed E-state index contributed by atoms with van der Waals surface area (Å²) in [5.41, 5.74) is 0.949. The summed E-state index contributed by atoms with van der Waals surface area (Å²) >= 11 is 0. The van der Waals surface area contributed by atoms with Gasteiger partial charge >= 0.3 is 0 Å². The molecule has 27 heavy (non-hydrogen) atoms. The van der Waals surface area contributed by atoms with E-state index in [9.17, 15) is 13.2 Å². The molecule has 2 heterocycles. The Labute approximate surface area is 163 Å². The van der Waals surface area contributed by atoms with E-state index in [1.54, 1.807) is 11.1 Å². The number of aromatic nitrogens is 2. The Balaban J connectivity index is 2.12. The topological polar surface area (TPSA) is 75.5 Å². The molecule has 1 aromatic heterocycles. The average molecular weight is 399 g/mol. The van der Waals surface area contributed by atoms with Crippen LogP contribution in [0.4, 0.5) is 0 Å². The van der Waals surface area contributed by atoms with Crippen molar-refractivity contribution >= 4 is 16.2 Å². The number of sulfone groups is 1. The zero-order valence-corrected chi connectivity index (χ0v) is 17.7. The first kappa shape index (κ1) is 21.9. The Morgan fingerprint density at radius 2 is 1.89 bits per heavy atom. The number of amides is 1. The molecule has 8 heteroatoms. The van der Waals surface area contributed by atoms with Crippen molar-refractivity contribution in [3.05, 3.63) is 11.9 Å². The van der Waals surface area contributed by atoms with E-state index in [-0.39, 0.29) is 10.9 Å².